The van der Waals surface area contributed by atoms with Gasteiger partial charge in [-0.25, -0.2) is 4.98 Å². The van der Waals surface area contributed by atoms with Crippen molar-refractivity contribution in [3.8, 4) is 5.75 Å². The van der Waals surface area contributed by atoms with Crippen molar-refractivity contribution in [2.24, 2.45) is 0 Å². The van der Waals surface area contributed by atoms with Crippen LogP contribution in [0.3, 0.4) is 0 Å². The molecule has 0 amide bonds. The van der Waals surface area contributed by atoms with E-state index in [0.717, 1.165) is 24.4 Å². The largest absolute Gasteiger partial charge is 0.494 e. The van der Waals surface area contributed by atoms with Gasteiger partial charge in [0.1, 0.15) is 10.8 Å². The molecule has 1 saturated heterocycles. The van der Waals surface area contributed by atoms with E-state index < -0.39 is 0 Å². The van der Waals surface area contributed by atoms with Crippen molar-refractivity contribution in [1.29, 1.82) is 0 Å². The molecule has 4 heteroatoms. The van der Waals surface area contributed by atoms with E-state index in [2.05, 4.69) is 24.4 Å². The van der Waals surface area contributed by atoms with Crippen molar-refractivity contribution in [3.05, 3.63) is 23.2 Å². The highest BCUT2D eigenvalue weighted by atomic mass is 32.1. The SMILES string of the molecule is CCCC1(c2nc3ccc(OCC)cc3s2)CCNCC1. The predicted octanol–water partition coefficient (Wildman–Crippen LogP) is 4.12. The van der Waals surface area contributed by atoms with Gasteiger partial charge in [0.2, 0.25) is 0 Å². The van der Waals surface area contributed by atoms with E-state index in [-0.39, 0.29) is 5.41 Å². The number of nitrogens with zero attached hydrogens (tertiary/aromatic N) is 1. The molecule has 1 aliphatic heterocycles. The van der Waals surface area contributed by atoms with Gasteiger partial charge in [0, 0.05) is 5.41 Å². The van der Waals surface area contributed by atoms with Crippen molar-refractivity contribution in [3.63, 3.8) is 0 Å². The van der Waals surface area contributed by atoms with E-state index in [1.54, 1.807) is 0 Å². The monoisotopic (exact) mass is 304 g/mol. The van der Waals surface area contributed by atoms with Crippen molar-refractivity contribution in [1.82, 2.24) is 10.3 Å². The van der Waals surface area contributed by atoms with Gasteiger partial charge in [-0.05, 0) is 57.5 Å². The highest BCUT2D eigenvalue weighted by Gasteiger charge is 2.35. The van der Waals surface area contributed by atoms with Crippen molar-refractivity contribution in [2.45, 2.75) is 44.9 Å². The fourth-order valence-corrected chi connectivity index (χ4v) is 4.61. The number of ether oxygens (including phenoxy) is 1. The smallest absolute Gasteiger partial charge is 0.120 e. The van der Waals surface area contributed by atoms with Crippen LogP contribution in [0.2, 0.25) is 0 Å². The summed E-state index contributed by atoms with van der Waals surface area (Å²) in [6.45, 7) is 7.24. The molecule has 1 aromatic heterocycles. The molecular weight excluding hydrogens is 280 g/mol. The van der Waals surface area contributed by atoms with Crippen LogP contribution in [0.5, 0.6) is 5.75 Å². The standard InChI is InChI=1S/C17H24N2OS/c1-3-7-17(8-10-18-11-9-17)16-19-14-6-5-13(20-4-2)12-15(14)21-16/h5-6,12,18H,3-4,7-11H2,1-2H3. The number of benzene rings is 1. The molecule has 2 aromatic rings. The number of hydrogen-bond acceptors (Lipinski definition) is 4. The first kappa shape index (κ1) is 14.8. The van der Waals surface area contributed by atoms with Crippen LogP contribution in [0.4, 0.5) is 0 Å². The number of piperidine rings is 1. The van der Waals surface area contributed by atoms with E-state index in [1.807, 2.05) is 24.3 Å². The number of thiazole rings is 1. The Morgan fingerprint density at radius 1 is 1.29 bits per heavy atom. The van der Waals surface area contributed by atoms with Gasteiger partial charge < -0.3 is 10.1 Å². The summed E-state index contributed by atoms with van der Waals surface area (Å²) >= 11 is 1.86. The van der Waals surface area contributed by atoms with Crippen LogP contribution >= 0.6 is 11.3 Å². The molecule has 0 radical (unpaired) electrons. The minimum atomic E-state index is 0.287. The third-order valence-electron chi connectivity index (χ3n) is 4.41. The molecule has 2 heterocycles. The zero-order valence-corrected chi connectivity index (χ0v) is 13.8. The topological polar surface area (TPSA) is 34.1 Å². The Balaban J connectivity index is 1.97. The quantitative estimate of drug-likeness (QED) is 0.902. The molecule has 3 nitrogen and oxygen atoms in total. The first-order valence-electron chi connectivity index (χ1n) is 8.02. The Kier molecular flexibility index (Phi) is 4.45. The fraction of sp³-hybridized carbons (Fsp3) is 0.588. The average molecular weight is 304 g/mol. The first-order chi connectivity index (χ1) is 10.3. The summed E-state index contributed by atoms with van der Waals surface area (Å²) in [4.78, 5) is 4.96. The van der Waals surface area contributed by atoms with Crippen molar-refractivity contribution in [2.75, 3.05) is 19.7 Å². The zero-order chi connectivity index (χ0) is 14.7. The lowest BCUT2D eigenvalue weighted by Crippen LogP contribution is -2.39. The minimum Gasteiger partial charge on any atom is -0.494 e. The molecule has 1 fully saturated rings. The van der Waals surface area contributed by atoms with E-state index in [1.165, 1.54) is 35.4 Å². The Hall–Kier alpha value is -1.13. The van der Waals surface area contributed by atoms with Crippen LogP contribution in [-0.2, 0) is 5.41 Å². The molecule has 1 aromatic carbocycles. The predicted molar refractivity (Wildman–Crippen MR) is 89.5 cm³/mol. The maximum Gasteiger partial charge on any atom is 0.120 e. The number of hydrogen-bond donors (Lipinski definition) is 1. The highest BCUT2D eigenvalue weighted by Crippen LogP contribution is 2.42. The Bertz CT molecular complexity index is 596. The fourth-order valence-electron chi connectivity index (χ4n) is 3.34. The number of nitrogens with one attached hydrogen (secondary N) is 1. The summed E-state index contributed by atoms with van der Waals surface area (Å²) in [6.07, 6.45) is 4.88. The Morgan fingerprint density at radius 3 is 2.81 bits per heavy atom. The molecule has 0 spiro atoms. The summed E-state index contributed by atoms with van der Waals surface area (Å²) in [7, 11) is 0. The molecular formula is C17H24N2OS. The molecule has 1 aliphatic rings. The average Bonchev–Trinajstić information content (AvgIpc) is 2.93. The number of aromatic nitrogens is 1. The second kappa shape index (κ2) is 6.32. The van der Waals surface area contributed by atoms with E-state index in [0.29, 0.717) is 6.61 Å². The third kappa shape index (κ3) is 2.92. The normalized spacial score (nSPS) is 18.0. The Labute approximate surface area is 130 Å². The summed E-state index contributed by atoms with van der Waals surface area (Å²) in [5.74, 6) is 0.954. The first-order valence-corrected chi connectivity index (χ1v) is 8.83. The molecule has 21 heavy (non-hydrogen) atoms. The molecule has 0 bridgehead atoms. The van der Waals surface area contributed by atoms with Gasteiger partial charge in [-0.15, -0.1) is 11.3 Å². The van der Waals surface area contributed by atoms with E-state index >= 15 is 0 Å². The Morgan fingerprint density at radius 2 is 2.10 bits per heavy atom. The molecule has 1 N–H and O–H groups in total. The van der Waals surface area contributed by atoms with Gasteiger partial charge in [-0.3, -0.25) is 0 Å². The lowest BCUT2D eigenvalue weighted by atomic mass is 9.76. The maximum atomic E-state index is 5.61. The number of fused-ring (bicyclic) bond motifs is 1. The molecule has 0 saturated carbocycles. The lowest BCUT2D eigenvalue weighted by molar-refractivity contribution is 0.285. The zero-order valence-electron chi connectivity index (χ0n) is 12.9. The van der Waals surface area contributed by atoms with Gasteiger partial charge in [0.25, 0.3) is 0 Å². The molecule has 114 valence electrons. The molecule has 0 unspecified atom stereocenters. The van der Waals surface area contributed by atoms with Gasteiger partial charge in [-0.1, -0.05) is 13.3 Å². The molecule has 0 aliphatic carbocycles. The molecule has 0 atom stereocenters. The number of rotatable bonds is 5. The van der Waals surface area contributed by atoms with Gasteiger partial charge >= 0.3 is 0 Å². The molecule has 3 rings (SSSR count). The third-order valence-corrected chi connectivity index (χ3v) is 5.68. The lowest BCUT2D eigenvalue weighted by Gasteiger charge is -2.35. The summed E-state index contributed by atoms with van der Waals surface area (Å²) in [5, 5.41) is 4.81. The van der Waals surface area contributed by atoms with Crippen molar-refractivity contribution >= 4 is 21.6 Å². The minimum absolute atomic E-state index is 0.287. The van der Waals surface area contributed by atoms with E-state index in [9.17, 15) is 0 Å². The van der Waals surface area contributed by atoms with Gasteiger partial charge in [0.05, 0.1) is 16.8 Å². The second-order valence-corrected chi connectivity index (χ2v) is 6.89. The van der Waals surface area contributed by atoms with Crippen LogP contribution in [0.25, 0.3) is 10.2 Å². The van der Waals surface area contributed by atoms with Crippen molar-refractivity contribution < 1.29 is 4.74 Å². The highest BCUT2D eigenvalue weighted by molar-refractivity contribution is 7.18. The summed E-state index contributed by atoms with van der Waals surface area (Å²) < 4.78 is 6.86. The van der Waals surface area contributed by atoms with Crippen LogP contribution < -0.4 is 10.1 Å². The summed E-state index contributed by atoms with van der Waals surface area (Å²) in [5.41, 5.74) is 1.41. The van der Waals surface area contributed by atoms with Crippen LogP contribution in [0, 0.1) is 0 Å². The summed E-state index contributed by atoms with van der Waals surface area (Å²) in [6, 6.07) is 6.27. The van der Waals surface area contributed by atoms with Gasteiger partial charge in [0.15, 0.2) is 0 Å². The van der Waals surface area contributed by atoms with Crippen LogP contribution in [0.15, 0.2) is 18.2 Å². The maximum absolute atomic E-state index is 5.61. The van der Waals surface area contributed by atoms with Gasteiger partial charge in [-0.2, -0.15) is 0 Å². The van der Waals surface area contributed by atoms with Crippen LogP contribution in [0.1, 0.15) is 44.5 Å². The van der Waals surface area contributed by atoms with E-state index in [4.69, 9.17) is 9.72 Å². The van der Waals surface area contributed by atoms with Crippen LogP contribution in [-0.4, -0.2) is 24.7 Å². The second-order valence-electron chi connectivity index (χ2n) is 5.86.